The molecule has 1 aliphatic rings. The van der Waals surface area contributed by atoms with E-state index in [1.807, 2.05) is 54.6 Å². The SMILES string of the molecule is O=C(O)[C@H](Cc1ccccc1)N1C(=O)/C(=C\c2ccc(Br)cc2)SC1=S. The van der Waals surface area contributed by atoms with E-state index in [9.17, 15) is 14.7 Å². The average Bonchev–Trinajstić information content (AvgIpc) is 2.89. The summed E-state index contributed by atoms with van der Waals surface area (Å²) in [6.07, 6.45) is 1.93. The van der Waals surface area contributed by atoms with E-state index in [1.54, 1.807) is 6.08 Å². The zero-order chi connectivity index (χ0) is 18.7. The Morgan fingerprint density at radius 1 is 1.19 bits per heavy atom. The van der Waals surface area contributed by atoms with Crippen LogP contribution in [0.1, 0.15) is 11.1 Å². The molecule has 0 saturated carbocycles. The van der Waals surface area contributed by atoms with Crippen molar-refractivity contribution >= 4 is 62.2 Å². The molecule has 1 N–H and O–H groups in total. The Morgan fingerprint density at radius 2 is 1.85 bits per heavy atom. The van der Waals surface area contributed by atoms with Crippen LogP contribution >= 0.6 is 39.9 Å². The first-order valence-corrected chi connectivity index (χ1v) is 9.77. The molecular weight excluding hydrogens is 434 g/mol. The Kier molecular flexibility index (Phi) is 5.90. The molecule has 0 aliphatic carbocycles. The summed E-state index contributed by atoms with van der Waals surface area (Å²) < 4.78 is 1.21. The quantitative estimate of drug-likeness (QED) is 0.545. The number of thiocarbonyl (C=S) groups is 1. The lowest BCUT2D eigenvalue weighted by atomic mass is 10.0. The molecule has 1 fully saturated rings. The van der Waals surface area contributed by atoms with E-state index in [0.29, 0.717) is 4.91 Å². The fourth-order valence-corrected chi connectivity index (χ4v) is 4.21. The highest BCUT2D eigenvalue weighted by Crippen LogP contribution is 2.34. The summed E-state index contributed by atoms with van der Waals surface area (Å²) in [5, 5.41) is 9.65. The van der Waals surface area contributed by atoms with Crippen molar-refractivity contribution in [2.75, 3.05) is 0 Å². The summed E-state index contributed by atoms with van der Waals surface area (Å²) in [5.41, 5.74) is 1.69. The Labute approximate surface area is 169 Å². The topological polar surface area (TPSA) is 57.6 Å². The minimum absolute atomic E-state index is 0.203. The summed E-state index contributed by atoms with van der Waals surface area (Å²) in [5.74, 6) is -1.44. The van der Waals surface area contributed by atoms with E-state index >= 15 is 0 Å². The van der Waals surface area contributed by atoms with Crippen molar-refractivity contribution in [3.8, 4) is 0 Å². The van der Waals surface area contributed by atoms with Gasteiger partial charge in [-0.15, -0.1) is 0 Å². The Hall–Kier alpha value is -1.96. The fraction of sp³-hybridized carbons (Fsp3) is 0.105. The Morgan fingerprint density at radius 3 is 2.46 bits per heavy atom. The highest BCUT2D eigenvalue weighted by molar-refractivity contribution is 9.10. The van der Waals surface area contributed by atoms with E-state index in [4.69, 9.17) is 12.2 Å². The number of hydrogen-bond donors (Lipinski definition) is 1. The average molecular weight is 448 g/mol. The second kappa shape index (κ2) is 8.16. The predicted molar refractivity (Wildman–Crippen MR) is 111 cm³/mol. The third kappa shape index (κ3) is 4.23. The van der Waals surface area contributed by atoms with Crippen molar-refractivity contribution in [3.05, 3.63) is 75.1 Å². The van der Waals surface area contributed by atoms with E-state index in [0.717, 1.165) is 27.4 Å². The van der Waals surface area contributed by atoms with Crippen LogP contribution in [-0.4, -0.2) is 32.2 Å². The van der Waals surface area contributed by atoms with Crippen molar-refractivity contribution in [3.63, 3.8) is 0 Å². The van der Waals surface area contributed by atoms with Crippen LogP contribution in [0.4, 0.5) is 0 Å². The number of halogens is 1. The third-order valence-corrected chi connectivity index (χ3v) is 5.72. The van der Waals surface area contributed by atoms with Crippen LogP contribution in [0.5, 0.6) is 0 Å². The van der Waals surface area contributed by atoms with Crippen molar-refractivity contribution in [2.24, 2.45) is 0 Å². The molecule has 1 heterocycles. The van der Waals surface area contributed by atoms with Crippen molar-refractivity contribution in [1.29, 1.82) is 0 Å². The maximum absolute atomic E-state index is 12.8. The minimum Gasteiger partial charge on any atom is -0.480 e. The van der Waals surface area contributed by atoms with Gasteiger partial charge in [-0.05, 0) is 29.3 Å². The van der Waals surface area contributed by atoms with Gasteiger partial charge in [0.05, 0.1) is 4.91 Å². The molecular formula is C19H14BrNO3S2. The van der Waals surface area contributed by atoms with Crippen LogP contribution in [0, 0.1) is 0 Å². The molecule has 1 aliphatic heterocycles. The monoisotopic (exact) mass is 447 g/mol. The molecule has 0 bridgehead atoms. The van der Waals surface area contributed by atoms with Crippen molar-refractivity contribution < 1.29 is 14.7 Å². The molecule has 4 nitrogen and oxygen atoms in total. The molecule has 2 aromatic carbocycles. The number of carboxylic acid groups (broad SMARTS) is 1. The maximum Gasteiger partial charge on any atom is 0.327 e. The van der Waals surface area contributed by atoms with Crippen LogP contribution in [0.2, 0.25) is 0 Å². The molecule has 26 heavy (non-hydrogen) atoms. The molecule has 0 spiro atoms. The second-order valence-corrected chi connectivity index (χ2v) is 8.24. The molecule has 0 radical (unpaired) electrons. The lowest BCUT2D eigenvalue weighted by Crippen LogP contribution is -2.45. The molecule has 1 saturated heterocycles. The third-order valence-electron chi connectivity index (χ3n) is 3.86. The molecule has 7 heteroatoms. The largest absolute Gasteiger partial charge is 0.480 e. The molecule has 0 unspecified atom stereocenters. The number of aliphatic carboxylic acids is 1. The van der Waals surface area contributed by atoms with Crippen LogP contribution in [0.15, 0.2) is 64.0 Å². The first kappa shape index (κ1) is 18.8. The summed E-state index contributed by atoms with van der Waals surface area (Å²) in [6, 6.07) is 15.7. The number of hydrogen-bond acceptors (Lipinski definition) is 4. The molecule has 132 valence electrons. The van der Waals surface area contributed by atoms with Crippen LogP contribution in [-0.2, 0) is 16.0 Å². The zero-order valence-electron chi connectivity index (χ0n) is 13.5. The number of carbonyl (C=O) groups excluding carboxylic acids is 1. The molecule has 0 aromatic heterocycles. The number of benzene rings is 2. The van der Waals surface area contributed by atoms with Crippen molar-refractivity contribution in [2.45, 2.75) is 12.5 Å². The number of carboxylic acids is 1. The minimum atomic E-state index is -1.07. The second-order valence-electron chi connectivity index (χ2n) is 5.65. The standard InChI is InChI=1S/C19H14BrNO3S2/c20-14-8-6-13(7-9-14)11-16-17(22)21(19(25)26-16)15(18(23)24)10-12-4-2-1-3-5-12/h1-9,11,15H,10H2,(H,23,24)/b16-11+/t15-/m0/s1. The first-order valence-electron chi connectivity index (χ1n) is 7.75. The van der Waals surface area contributed by atoms with E-state index in [2.05, 4.69) is 15.9 Å². The van der Waals surface area contributed by atoms with Gasteiger partial charge in [0.15, 0.2) is 0 Å². The summed E-state index contributed by atoms with van der Waals surface area (Å²) >= 11 is 9.80. The normalized spacial score (nSPS) is 17.0. The first-order chi connectivity index (χ1) is 12.5. The summed E-state index contributed by atoms with van der Waals surface area (Å²) in [4.78, 5) is 26.2. The van der Waals surface area contributed by atoms with Crippen molar-refractivity contribution in [1.82, 2.24) is 4.90 Å². The predicted octanol–water partition coefficient (Wildman–Crippen LogP) is 4.35. The highest BCUT2D eigenvalue weighted by atomic mass is 79.9. The highest BCUT2D eigenvalue weighted by Gasteiger charge is 2.40. The molecule has 2 aromatic rings. The summed E-state index contributed by atoms with van der Waals surface area (Å²) in [6.45, 7) is 0. The van der Waals surface area contributed by atoms with Gasteiger partial charge in [0.2, 0.25) is 0 Å². The van der Waals surface area contributed by atoms with Gasteiger partial charge >= 0.3 is 5.97 Å². The van der Waals surface area contributed by atoms with E-state index in [-0.39, 0.29) is 16.6 Å². The molecule has 1 amide bonds. The number of rotatable bonds is 5. The van der Waals surface area contributed by atoms with Gasteiger partial charge in [0, 0.05) is 10.9 Å². The van der Waals surface area contributed by atoms with Gasteiger partial charge in [-0.25, -0.2) is 4.79 Å². The van der Waals surface area contributed by atoms with Gasteiger partial charge in [0.1, 0.15) is 10.4 Å². The van der Waals surface area contributed by atoms with Gasteiger partial charge in [0.25, 0.3) is 5.91 Å². The Bertz CT molecular complexity index is 881. The van der Waals surface area contributed by atoms with Gasteiger partial charge < -0.3 is 5.11 Å². The van der Waals surface area contributed by atoms with Gasteiger partial charge in [-0.2, -0.15) is 0 Å². The fourth-order valence-electron chi connectivity index (χ4n) is 2.59. The maximum atomic E-state index is 12.8. The lowest BCUT2D eigenvalue weighted by molar-refractivity contribution is -0.145. The molecule has 1 atom stereocenters. The summed E-state index contributed by atoms with van der Waals surface area (Å²) in [7, 11) is 0. The van der Waals surface area contributed by atoms with Crippen LogP contribution < -0.4 is 0 Å². The number of carbonyl (C=O) groups is 2. The lowest BCUT2D eigenvalue weighted by Gasteiger charge is -2.23. The molecule has 3 rings (SSSR count). The smallest absolute Gasteiger partial charge is 0.327 e. The number of amides is 1. The van der Waals surface area contributed by atoms with E-state index in [1.165, 1.54) is 4.90 Å². The van der Waals surface area contributed by atoms with Crippen LogP contribution in [0.3, 0.4) is 0 Å². The number of thioether (sulfide) groups is 1. The van der Waals surface area contributed by atoms with Crippen LogP contribution in [0.25, 0.3) is 6.08 Å². The Balaban J connectivity index is 1.86. The van der Waals surface area contributed by atoms with Gasteiger partial charge in [-0.3, -0.25) is 9.69 Å². The van der Waals surface area contributed by atoms with Gasteiger partial charge in [-0.1, -0.05) is 82.4 Å². The van der Waals surface area contributed by atoms with E-state index < -0.39 is 12.0 Å². The zero-order valence-corrected chi connectivity index (χ0v) is 16.7. The number of nitrogens with zero attached hydrogens (tertiary/aromatic N) is 1.